The van der Waals surface area contributed by atoms with Crippen LogP contribution in [0, 0.1) is 13.8 Å². The molecule has 0 spiro atoms. The van der Waals surface area contributed by atoms with Crippen molar-refractivity contribution in [1.29, 1.82) is 0 Å². The third-order valence-electron chi connectivity index (χ3n) is 4.45. The zero-order chi connectivity index (χ0) is 23.9. The average Bonchev–Trinajstić information content (AvgIpc) is 2.71. The molecule has 7 nitrogen and oxygen atoms in total. The van der Waals surface area contributed by atoms with Crippen LogP contribution in [0.25, 0.3) is 0 Å². The van der Waals surface area contributed by atoms with Crippen LogP contribution in [-0.4, -0.2) is 37.7 Å². The number of rotatable bonds is 9. The largest absolute Gasteiger partial charge is 0.464 e. The summed E-state index contributed by atoms with van der Waals surface area (Å²) in [6, 6.07) is 10.2. The Morgan fingerprint density at radius 3 is 2.41 bits per heavy atom. The number of carbonyl (C=O) groups is 1. The van der Waals surface area contributed by atoms with Gasteiger partial charge in [0.15, 0.2) is 5.71 Å². The molecule has 0 atom stereocenters. The fraction of sp³-hybridized carbons (Fsp3) is 0.348. The molecule has 0 N–H and O–H groups in total. The molecule has 0 aliphatic carbocycles. The summed E-state index contributed by atoms with van der Waals surface area (Å²) in [5.74, 6) is -0.667. The first-order valence-electron chi connectivity index (χ1n) is 9.70. The molecule has 0 amide bonds. The van der Waals surface area contributed by atoms with Gasteiger partial charge in [0, 0.05) is 23.6 Å². The minimum absolute atomic E-state index is 0.000800. The third kappa shape index (κ3) is 6.50. The second kappa shape index (κ2) is 10.7. The molecular formula is C23H26F2N2O5. The predicted octanol–water partition coefficient (Wildman–Crippen LogP) is 4.76. The highest BCUT2D eigenvalue weighted by molar-refractivity contribution is 6.43. The fourth-order valence-corrected chi connectivity index (χ4v) is 2.95. The Kier molecular flexibility index (Phi) is 8.28. The van der Waals surface area contributed by atoms with E-state index in [0.29, 0.717) is 29.3 Å². The maximum absolute atomic E-state index is 13.4. The van der Waals surface area contributed by atoms with E-state index < -0.39 is 12.1 Å². The summed E-state index contributed by atoms with van der Waals surface area (Å²) in [6.07, 6.45) is -3.34. The minimum atomic E-state index is -3.34. The average molecular weight is 448 g/mol. The van der Waals surface area contributed by atoms with Gasteiger partial charge in [-0.25, -0.2) is 4.79 Å². The Morgan fingerprint density at radius 1 is 1.06 bits per heavy atom. The normalized spacial score (nSPS) is 12.4. The van der Waals surface area contributed by atoms with Gasteiger partial charge in [0.25, 0.3) is 0 Å². The van der Waals surface area contributed by atoms with Crippen LogP contribution in [0.5, 0.6) is 5.75 Å². The lowest BCUT2D eigenvalue weighted by molar-refractivity contribution is -0.159. The number of nitrogens with zero attached hydrogens (tertiary/aromatic N) is 2. The van der Waals surface area contributed by atoms with Gasteiger partial charge in [-0.2, -0.15) is 8.78 Å². The zero-order valence-electron chi connectivity index (χ0n) is 18.9. The molecule has 0 heterocycles. The van der Waals surface area contributed by atoms with Gasteiger partial charge in [-0.15, -0.1) is 0 Å². The number of esters is 1. The van der Waals surface area contributed by atoms with Gasteiger partial charge in [-0.05, 0) is 44.0 Å². The Balaban J connectivity index is 2.33. The maximum atomic E-state index is 13.4. The monoisotopic (exact) mass is 448 g/mol. The van der Waals surface area contributed by atoms with Crippen LogP contribution >= 0.6 is 0 Å². The molecule has 0 saturated carbocycles. The van der Waals surface area contributed by atoms with Crippen LogP contribution in [0.1, 0.15) is 41.7 Å². The lowest BCUT2D eigenvalue weighted by Gasteiger charge is -2.17. The van der Waals surface area contributed by atoms with Crippen molar-refractivity contribution in [3.63, 3.8) is 0 Å². The standard InChI is InChI=1S/C23H26F2N2O5/c1-14-10-11-17(20(12-14)32-23(4,24)25)16(3)26-31-13-19-15(2)8-7-9-18(19)21(27-30-6)22(28)29-5/h7-12H,13H2,1-6H3/b26-16+,27-21+. The fourth-order valence-electron chi connectivity index (χ4n) is 2.95. The topological polar surface area (TPSA) is 78.7 Å². The number of oxime groups is 2. The van der Waals surface area contributed by atoms with Crippen molar-refractivity contribution < 1.29 is 32.7 Å². The van der Waals surface area contributed by atoms with E-state index >= 15 is 0 Å². The minimum Gasteiger partial charge on any atom is -0.464 e. The van der Waals surface area contributed by atoms with Gasteiger partial charge < -0.3 is 19.1 Å². The van der Waals surface area contributed by atoms with Crippen molar-refractivity contribution in [3.05, 3.63) is 64.2 Å². The van der Waals surface area contributed by atoms with Gasteiger partial charge in [-0.1, -0.05) is 34.6 Å². The molecule has 0 radical (unpaired) electrons. The van der Waals surface area contributed by atoms with Crippen molar-refractivity contribution in [1.82, 2.24) is 0 Å². The number of methoxy groups -OCH3 is 1. The second-order valence-electron chi connectivity index (χ2n) is 7.07. The Labute approximate surface area is 185 Å². The highest BCUT2D eigenvalue weighted by Gasteiger charge is 2.25. The predicted molar refractivity (Wildman–Crippen MR) is 116 cm³/mol. The summed E-state index contributed by atoms with van der Waals surface area (Å²) < 4.78 is 36.4. The zero-order valence-corrected chi connectivity index (χ0v) is 18.9. The van der Waals surface area contributed by atoms with Gasteiger partial charge >= 0.3 is 12.1 Å². The lowest BCUT2D eigenvalue weighted by Crippen LogP contribution is -2.21. The molecule has 0 aliphatic rings. The second-order valence-corrected chi connectivity index (χ2v) is 7.07. The molecule has 9 heteroatoms. The first-order chi connectivity index (χ1) is 15.1. The van der Waals surface area contributed by atoms with E-state index in [9.17, 15) is 13.6 Å². The van der Waals surface area contributed by atoms with Crippen molar-refractivity contribution in [2.75, 3.05) is 14.2 Å². The highest BCUT2D eigenvalue weighted by atomic mass is 19.3. The van der Waals surface area contributed by atoms with Crippen molar-refractivity contribution in [3.8, 4) is 5.75 Å². The number of benzene rings is 2. The van der Waals surface area contributed by atoms with Crippen LogP contribution in [0.4, 0.5) is 8.78 Å². The number of hydrogen-bond donors (Lipinski definition) is 0. The number of alkyl halides is 2. The van der Waals surface area contributed by atoms with Crippen molar-refractivity contribution in [2.24, 2.45) is 10.3 Å². The van der Waals surface area contributed by atoms with Gasteiger partial charge in [0.2, 0.25) is 0 Å². The van der Waals surface area contributed by atoms with E-state index in [1.165, 1.54) is 20.3 Å². The summed E-state index contributed by atoms with van der Waals surface area (Å²) in [5.41, 5.74) is 3.41. The first kappa shape index (κ1) is 24.8. The quantitative estimate of drug-likeness (QED) is 0.314. The van der Waals surface area contributed by atoms with E-state index in [-0.39, 0.29) is 18.1 Å². The summed E-state index contributed by atoms with van der Waals surface area (Å²) in [6.45, 7) is 5.90. The number of aryl methyl sites for hydroxylation is 2. The molecule has 0 aliphatic heterocycles. The van der Waals surface area contributed by atoms with Gasteiger partial charge in [0.1, 0.15) is 19.5 Å². The van der Waals surface area contributed by atoms with Crippen molar-refractivity contribution in [2.45, 2.75) is 40.4 Å². The van der Waals surface area contributed by atoms with Gasteiger partial charge in [-0.3, -0.25) is 0 Å². The molecule has 2 aromatic rings. The van der Waals surface area contributed by atoms with E-state index in [0.717, 1.165) is 11.1 Å². The molecule has 2 rings (SSSR count). The van der Waals surface area contributed by atoms with Crippen LogP contribution < -0.4 is 4.74 Å². The van der Waals surface area contributed by atoms with E-state index in [4.69, 9.17) is 19.1 Å². The molecule has 172 valence electrons. The molecule has 2 aromatic carbocycles. The number of halogens is 2. The Hall–Kier alpha value is -3.49. The molecule has 0 aromatic heterocycles. The SMILES string of the molecule is CO/N=C(/C(=O)OC)c1cccc(C)c1CO/N=C(\C)c1ccc(C)cc1OC(C)(F)F. The van der Waals surface area contributed by atoms with E-state index in [1.807, 2.05) is 13.0 Å². The summed E-state index contributed by atoms with van der Waals surface area (Å²) in [4.78, 5) is 22.4. The number of carbonyl (C=O) groups excluding carboxylic acids is 1. The smallest absolute Gasteiger partial charge is 0.394 e. The molecule has 0 saturated heterocycles. The Bertz CT molecular complexity index is 1030. The van der Waals surface area contributed by atoms with Crippen molar-refractivity contribution >= 4 is 17.4 Å². The lowest BCUT2D eigenvalue weighted by atomic mass is 9.99. The molecule has 0 unspecified atom stereocenters. The Morgan fingerprint density at radius 2 is 1.78 bits per heavy atom. The van der Waals surface area contributed by atoms with E-state index in [2.05, 4.69) is 10.3 Å². The molecular weight excluding hydrogens is 422 g/mol. The number of hydrogen-bond acceptors (Lipinski definition) is 7. The molecule has 0 fully saturated rings. The number of ether oxygens (including phenoxy) is 2. The van der Waals surface area contributed by atoms with Crippen LogP contribution in [-0.2, 0) is 25.8 Å². The maximum Gasteiger partial charge on any atom is 0.394 e. The molecule has 32 heavy (non-hydrogen) atoms. The highest BCUT2D eigenvalue weighted by Crippen LogP contribution is 2.27. The molecule has 0 bridgehead atoms. The summed E-state index contributed by atoms with van der Waals surface area (Å²) >= 11 is 0. The van der Waals surface area contributed by atoms with Crippen LogP contribution in [0.2, 0.25) is 0 Å². The summed E-state index contributed by atoms with van der Waals surface area (Å²) in [5, 5.41) is 7.84. The van der Waals surface area contributed by atoms with Crippen LogP contribution in [0.15, 0.2) is 46.7 Å². The van der Waals surface area contributed by atoms with E-state index in [1.54, 1.807) is 38.1 Å². The summed E-state index contributed by atoms with van der Waals surface area (Å²) in [7, 11) is 2.57. The van der Waals surface area contributed by atoms with Crippen LogP contribution in [0.3, 0.4) is 0 Å². The first-order valence-corrected chi connectivity index (χ1v) is 9.70. The third-order valence-corrected chi connectivity index (χ3v) is 4.45. The van der Waals surface area contributed by atoms with Gasteiger partial charge in [0.05, 0.1) is 12.8 Å².